The van der Waals surface area contributed by atoms with Crippen molar-refractivity contribution in [2.45, 2.75) is 34.1 Å². The van der Waals surface area contributed by atoms with Crippen molar-refractivity contribution in [3.05, 3.63) is 29.3 Å². The Labute approximate surface area is 128 Å². The third-order valence-corrected chi connectivity index (χ3v) is 3.19. The van der Waals surface area contributed by atoms with Gasteiger partial charge in [0.1, 0.15) is 5.75 Å². The van der Waals surface area contributed by atoms with Crippen LogP contribution in [0.5, 0.6) is 5.75 Å². The van der Waals surface area contributed by atoms with E-state index < -0.39 is 0 Å². The van der Waals surface area contributed by atoms with Gasteiger partial charge in [0.2, 0.25) is 0 Å². The summed E-state index contributed by atoms with van der Waals surface area (Å²) in [6.45, 7) is 11.1. The Morgan fingerprint density at radius 3 is 2.38 bits per heavy atom. The van der Waals surface area contributed by atoms with Gasteiger partial charge in [-0.3, -0.25) is 9.69 Å². The quantitative estimate of drug-likeness (QED) is 0.518. The van der Waals surface area contributed by atoms with Gasteiger partial charge in [0.25, 0.3) is 0 Å². The third-order valence-electron chi connectivity index (χ3n) is 3.19. The highest BCUT2D eigenvalue weighted by atomic mass is 16.5. The number of likely N-dealkylation sites (N-methyl/N-ethyl adjacent to an activating group) is 1. The number of carbonyl (C=O) groups excluding carboxylic acids is 1. The Bertz CT molecular complexity index is 425. The lowest BCUT2D eigenvalue weighted by Gasteiger charge is -2.19. The molecule has 0 aliphatic heterocycles. The van der Waals surface area contributed by atoms with Crippen molar-refractivity contribution in [1.82, 2.24) is 4.90 Å². The molecule has 118 valence electrons. The summed E-state index contributed by atoms with van der Waals surface area (Å²) >= 11 is 0. The number of benzene rings is 1. The molecule has 0 saturated carbocycles. The SMILES string of the molecule is CCOC(=O)CN(CC)CCCOc1cc(C)cc(C)c1. The van der Waals surface area contributed by atoms with Crippen LogP contribution in [-0.2, 0) is 9.53 Å². The highest BCUT2D eigenvalue weighted by Gasteiger charge is 2.09. The number of aryl methyl sites for hydroxylation is 2. The maximum absolute atomic E-state index is 11.4. The summed E-state index contributed by atoms with van der Waals surface area (Å²) in [5, 5.41) is 0. The molecule has 0 bridgehead atoms. The van der Waals surface area contributed by atoms with E-state index in [1.165, 1.54) is 11.1 Å². The lowest BCUT2D eigenvalue weighted by molar-refractivity contribution is -0.144. The van der Waals surface area contributed by atoms with E-state index in [0.717, 1.165) is 25.3 Å². The van der Waals surface area contributed by atoms with Crippen LogP contribution in [0.25, 0.3) is 0 Å². The summed E-state index contributed by atoms with van der Waals surface area (Å²) in [6, 6.07) is 6.22. The van der Waals surface area contributed by atoms with Crippen LogP contribution in [0.15, 0.2) is 18.2 Å². The van der Waals surface area contributed by atoms with Crippen molar-refractivity contribution in [1.29, 1.82) is 0 Å². The fourth-order valence-corrected chi connectivity index (χ4v) is 2.23. The van der Waals surface area contributed by atoms with Gasteiger partial charge in [-0.1, -0.05) is 13.0 Å². The largest absolute Gasteiger partial charge is 0.494 e. The molecule has 1 aromatic carbocycles. The normalized spacial score (nSPS) is 10.7. The molecule has 4 nitrogen and oxygen atoms in total. The first-order chi connectivity index (χ1) is 10.0. The molecule has 4 heteroatoms. The monoisotopic (exact) mass is 293 g/mol. The molecular formula is C17H27NO3. The van der Waals surface area contributed by atoms with E-state index in [2.05, 4.69) is 24.8 Å². The van der Waals surface area contributed by atoms with Crippen molar-refractivity contribution < 1.29 is 14.3 Å². The lowest BCUT2D eigenvalue weighted by Crippen LogP contribution is -2.32. The number of esters is 1. The maximum atomic E-state index is 11.4. The van der Waals surface area contributed by atoms with Crippen LogP contribution in [0.1, 0.15) is 31.4 Å². The lowest BCUT2D eigenvalue weighted by atomic mass is 10.1. The minimum absolute atomic E-state index is 0.158. The molecular weight excluding hydrogens is 266 g/mol. The minimum Gasteiger partial charge on any atom is -0.494 e. The first-order valence-electron chi connectivity index (χ1n) is 7.64. The maximum Gasteiger partial charge on any atom is 0.320 e. The van der Waals surface area contributed by atoms with Crippen LogP contribution in [-0.4, -0.2) is 43.7 Å². The Balaban J connectivity index is 2.29. The average molecular weight is 293 g/mol. The number of rotatable bonds is 9. The molecule has 1 rings (SSSR count). The average Bonchev–Trinajstić information content (AvgIpc) is 2.41. The zero-order valence-corrected chi connectivity index (χ0v) is 13.6. The van der Waals surface area contributed by atoms with Gasteiger partial charge in [0.05, 0.1) is 19.8 Å². The number of hydrogen-bond acceptors (Lipinski definition) is 4. The second-order valence-corrected chi connectivity index (χ2v) is 5.20. The van der Waals surface area contributed by atoms with Crippen molar-refractivity contribution >= 4 is 5.97 Å². The van der Waals surface area contributed by atoms with Crippen LogP contribution >= 0.6 is 0 Å². The molecule has 0 aliphatic rings. The summed E-state index contributed by atoms with van der Waals surface area (Å²) in [5.74, 6) is 0.760. The minimum atomic E-state index is -0.158. The van der Waals surface area contributed by atoms with Crippen molar-refractivity contribution in [2.75, 3.05) is 32.8 Å². The standard InChI is InChI=1S/C17H27NO3/c1-5-18(13-17(19)20-6-2)8-7-9-21-16-11-14(3)10-15(4)12-16/h10-12H,5-9,13H2,1-4H3. The molecule has 0 amide bonds. The van der Waals surface area contributed by atoms with E-state index in [4.69, 9.17) is 9.47 Å². The smallest absolute Gasteiger partial charge is 0.320 e. The third kappa shape index (κ3) is 7.14. The van der Waals surface area contributed by atoms with Gasteiger partial charge in [-0.15, -0.1) is 0 Å². The predicted molar refractivity (Wildman–Crippen MR) is 84.8 cm³/mol. The molecule has 0 N–H and O–H groups in total. The molecule has 0 heterocycles. The Kier molecular flexibility index (Phi) is 7.83. The Morgan fingerprint density at radius 2 is 1.81 bits per heavy atom. The molecule has 1 aromatic rings. The van der Waals surface area contributed by atoms with Crippen LogP contribution in [0.4, 0.5) is 0 Å². The fourth-order valence-electron chi connectivity index (χ4n) is 2.23. The van der Waals surface area contributed by atoms with Gasteiger partial charge in [-0.05, 0) is 57.0 Å². The Morgan fingerprint density at radius 1 is 1.14 bits per heavy atom. The number of nitrogens with zero attached hydrogens (tertiary/aromatic N) is 1. The van der Waals surface area contributed by atoms with Gasteiger partial charge in [0, 0.05) is 6.54 Å². The van der Waals surface area contributed by atoms with Gasteiger partial charge < -0.3 is 9.47 Å². The second kappa shape index (κ2) is 9.40. The molecule has 21 heavy (non-hydrogen) atoms. The predicted octanol–water partition coefficient (Wildman–Crippen LogP) is 2.96. The topological polar surface area (TPSA) is 38.8 Å². The van der Waals surface area contributed by atoms with Crippen LogP contribution < -0.4 is 4.74 Å². The van der Waals surface area contributed by atoms with E-state index in [1.54, 1.807) is 0 Å². The molecule has 0 spiro atoms. The van der Waals surface area contributed by atoms with E-state index in [0.29, 0.717) is 19.8 Å². The highest BCUT2D eigenvalue weighted by Crippen LogP contribution is 2.16. The van der Waals surface area contributed by atoms with Crippen molar-refractivity contribution in [2.24, 2.45) is 0 Å². The van der Waals surface area contributed by atoms with Gasteiger partial charge in [0.15, 0.2) is 0 Å². The number of ether oxygens (including phenoxy) is 2. The first kappa shape index (κ1) is 17.5. The van der Waals surface area contributed by atoms with E-state index in [9.17, 15) is 4.79 Å². The summed E-state index contributed by atoms with van der Waals surface area (Å²) in [6.07, 6.45) is 0.889. The second-order valence-electron chi connectivity index (χ2n) is 5.20. The molecule has 0 aliphatic carbocycles. The number of hydrogen-bond donors (Lipinski definition) is 0. The van der Waals surface area contributed by atoms with Crippen molar-refractivity contribution in [3.8, 4) is 5.75 Å². The summed E-state index contributed by atoms with van der Waals surface area (Å²) in [5.41, 5.74) is 2.42. The van der Waals surface area contributed by atoms with Gasteiger partial charge in [-0.25, -0.2) is 0 Å². The highest BCUT2D eigenvalue weighted by molar-refractivity contribution is 5.71. The molecule has 0 saturated heterocycles. The summed E-state index contributed by atoms with van der Waals surface area (Å²) in [7, 11) is 0. The molecule has 0 atom stereocenters. The van der Waals surface area contributed by atoms with E-state index in [1.807, 2.05) is 26.0 Å². The van der Waals surface area contributed by atoms with E-state index in [-0.39, 0.29) is 5.97 Å². The van der Waals surface area contributed by atoms with Crippen molar-refractivity contribution in [3.63, 3.8) is 0 Å². The van der Waals surface area contributed by atoms with Gasteiger partial charge >= 0.3 is 5.97 Å². The fraction of sp³-hybridized carbons (Fsp3) is 0.588. The summed E-state index contributed by atoms with van der Waals surface area (Å²) in [4.78, 5) is 13.5. The number of carbonyl (C=O) groups is 1. The molecule has 0 unspecified atom stereocenters. The van der Waals surface area contributed by atoms with Crippen LogP contribution in [0.3, 0.4) is 0 Å². The molecule has 0 fully saturated rings. The summed E-state index contributed by atoms with van der Waals surface area (Å²) < 4.78 is 10.7. The van der Waals surface area contributed by atoms with Crippen LogP contribution in [0, 0.1) is 13.8 Å². The first-order valence-corrected chi connectivity index (χ1v) is 7.64. The van der Waals surface area contributed by atoms with Crippen LogP contribution in [0.2, 0.25) is 0 Å². The van der Waals surface area contributed by atoms with E-state index >= 15 is 0 Å². The Hall–Kier alpha value is -1.55. The zero-order valence-electron chi connectivity index (χ0n) is 13.6. The molecule has 0 radical (unpaired) electrons. The molecule has 0 aromatic heterocycles. The van der Waals surface area contributed by atoms with Gasteiger partial charge in [-0.2, -0.15) is 0 Å². The zero-order chi connectivity index (χ0) is 15.7.